The molecule has 118 valence electrons. The average molecular weight is 396 g/mol. The highest BCUT2D eigenvalue weighted by atomic mass is 79.9. The van der Waals surface area contributed by atoms with Crippen LogP contribution < -0.4 is 10.5 Å². The van der Waals surface area contributed by atoms with Gasteiger partial charge >= 0.3 is 0 Å². The van der Waals surface area contributed by atoms with Gasteiger partial charge < -0.3 is 5.73 Å². The topological polar surface area (TPSA) is 131 Å². The molecule has 23 heavy (non-hydrogen) atoms. The van der Waals surface area contributed by atoms with E-state index in [0.717, 1.165) is 0 Å². The summed E-state index contributed by atoms with van der Waals surface area (Å²) in [6.07, 6.45) is 3.08. The van der Waals surface area contributed by atoms with Crippen LogP contribution in [0.15, 0.2) is 46.0 Å². The largest absolute Gasteiger partial charge is 0.364 e. The maximum atomic E-state index is 12.6. The van der Waals surface area contributed by atoms with Crippen LogP contribution in [0.3, 0.4) is 0 Å². The fourth-order valence-corrected chi connectivity index (χ4v) is 4.01. The first-order valence-corrected chi connectivity index (χ1v) is 8.56. The molecule has 4 N–H and O–H groups in total. The normalized spacial score (nSPS) is 11.5. The molecule has 3 rings (SSSR count). The number of sulfonamides is 1. The van der Waals surface area contributed by atoms with Gasteiger partial charge in [-0.05, 0) is 22.0 Å². The Hall–Kier alpha value is -2.46. The second kappa shape index (κ2) is 5.63. The first-order chi connectivity index (χ1) is 10.9. The SMILES string of the molecule is NC(=O)c1cc(NS(=O)(=O)c2cccc3cncc(Br)c23)n[nH]1. The van der Waals surface area contributed by atoms with Gasteiger partial charge in [-0.2, -0.15) is 5.10 Å². The Morgan fingerprint density at radius 2 is 2.09 bits per heavy atom. The number of rotatable bonds is 4. The van der Waals surface area contributed by atoms with Gasteiger partial charge in [-0.15, -0.1) is 0 Å². The van der Waals surface area contributed by atoms with E-state index in [1.165, 1.54) is 18.3 Å². The van der Waals surface area contributed by atoms with Gasteiger partial charge in [0.2, 0.25) is 0 Å². The van der Waals surface area contributed by atoms with Crippen molar-refractivity contribution in [3.05, 3.63) is 46.8 Å². The number of pyridine rings is 1. The van der Waals surface area contributed by atoms with Crippen LogP contribution in [0.25, 0.3) is 10.8 Å². The minimum atomic E-state index is -3.92. The molecule has 1 aromatic carbocycles. The molecular formula is C13H10BrN5O3S. The Morgan fingerprint density at radius 3 is 2.78 bits per heavy atom. The molecule has 3 aromatic rings. The number of amides is 1. The number of hydrogen-bond donors (Lipinski definition) is 3. The molecule has 0 aliphatic rings. The maximum Gasteiger partial charge on any atom is 0.266 e. The molecule has 0 fully saturated rings. The Bertz CT molecular complexity index is 1010. The lowest BCUT2D eigenvalue weighted by Gasteiger charge is -2.09. The number of benzene rings is 1. The molecule has 0 aliphatic carbocycles. The van der Waals surface area contributed by atoms with E-state index in [-0.39, 0.29) is 16.4 Å². The zero-order valence-electron chi connectivity index (χ0n) is 11.4. The molecule has 0 atom stereocenters. The van der Waals surface area contributed by atoms with E-state index in [4.69, 9.17) is 5.73 Å². The first kappa shape index (κ1) is 15.4. The van der Waals surface area contributed by atoms with Gasteiger partial charge in [0.05, 0.1) is 4.90 Å². The summed E-state index contributed by atoms with van der Waals surface area (Å²) < 4.78 is 28.1. The lowest BCUT2D eigenvalue weighted by Crippen LogP contribution is -2.14. The van der Waals surface area contributed by atoms with Gasteiger partial charge in [0, 0.05) is 33.7 Å². The van der Waals surface area contributed by atoms with Gasteiger partial charge in [0.25, 0.3) is 15.9 Å². The zero-order valence-corrected chi connectivity index (χ0v) is 13.8. The van der Waals surface area contributed by atoms with E-state index in [2.05, 4.69) is 35.8 Å². The summed E-state index contributed by atoms with van der Waals surface area (Å²) in [6.45, 7) is 0. The first-order valence-electron chi connectivity index (χ1n) is 6.29. The summed E-state index contributed by atoms with van der Waals surface area (Å²) in [4.78, 5) is 15.1. The lowest BCUT2D eigenvalue weighted by molar-refractivity contribution is 0.0995. The highest BCUT2D eigenvalue weighted by Gasteiger charge is 2.20. The van der Waals surface area contributed by atoms with E-state index in [1.54, 1.807) is 18.3 Å². The monoisotopic (exact) mass is 395 g/mol. The highest BCUT2D eigenvalue weighted by Crippen LogP contribution is 2.30. The Balaban J connectivity index is 2.08. The van der Waals surface area contributed by atoms with E-state index in [0.29, 0.717) is 15.2 Å². The predicted molar refractivity (Wildman–Crippen MR) is 87.4 cm³/mol. The van der Waals surface area contributed by atoms with Crippen molar-refractivity contribution in [2.45, 2.75) is 4.90 Å². The number of nitrogens with two attached hydrogens (primary N) is 1. The molecule has 0 aliphatic heterocycles. The fraction of sp³-hybridized carbons (Fsp3) is 0. The van der Waals surface area contributed by atoms with Crippen molar-refractivity contribution in [1.29, 1.82) is 0 Å². The molecule has 2 heterocycles. The number of aromatic amines is 1. The van der Waals surface area contributed by atoms with Gasteiger partial charge in [0.15, 0.2) is 5.82 Å². The molecule has 0 saturated heterocycles. The summed E-state index contributed by atoms with van der Waals surface area (Å²) in [6, 6.07) is 6.06. The number of anilines is 1. The fourth-order valence-electron chi connectivity index (χ4n) is 2.08. The number of H-pyrrole nitrogens is 1. The smallest absolute Gasteiger partial charge is 0.266 e. The third-order valence-electron chi connectivity index (χ3n) is 3.07. The zero-order chi connectivity index (χ0) is 16.6. The van der Waals surface area contributed by atoms with E-state index < -0.39 is 15.9 Å². The minimum absolute atomic E-state index is 0.00556. The molecule has 0 saturated carbocycles. The predicted octanol–water partition coefficient (Wildman–Crippen LogP) is 1.62. The van der Waals surface area contributed by atoms with Crippen LogP contribution in [0.4, 0.5) is 5.82 Å². The number of aromatic nitrogens is 3. The van der Waals surface area contributed by atoms with Crippen molar-refractivity contribution < 1.29 is 13.2 Å². The van der Waals surface area contributed by atoms with Gasteiger partial charge in [-0.25, -0.2) is 8.42 Å². The number of nitrogens with one attached hydrogen (secondary N) is 2. The second-order valence-corrected chi connectivity index (χ2v) is 7.12. The Morgan fingerprint density at radius 1 is 1.30 bits per heavy atom. The number of carbonyl (C=O) groups excluding carboxylic acids is 1. The summed E-state index contributed by atoms with van der Waals surface area (Å²) in [7, 11) is -3.92. The molecule has 10 heteroatoms. The van der Waals surface area contributed by atoms with Gasteiger partial charge in [-0.1, -0.05) is 12.1 Å². The quantitative estimate of drug-likeness (QED) is 0.617. The van der Waals surface area contributed by atoms with Crippen LogP contribution in [0.5, 0.6) is 0 Å². The molecule has 8 nitrogen and oxygen atoms in total. The molecular weight excluding hydrogens is 386 g/mol. The van der Waals surface area contributed by atoms with Crippen molar-refractivity contribution >= 4 is 48.5 Å². The van der Waals surface area contributed by atoms with Crippen LogP contribution in [0.2, 0.25) is 0 Å². The summed E-state index contributed by atoms with van der Waals surface area (Å²) in [5.41, 5.74) is 5.10. The van der Waals surface area contributed by atoms with Crippen molar-refractivity contribution in [1.82, 2.24) is 15.2 Å². The van der Waals surface area contributed by atoms with E-state index >= 15 is 0 Å². The lowest BCUT2D eigenvalue weighted by atomic mass is 10.2. The van der Waals surface area contributed by atoms with Crippen LogP contribution in [0.1, 0.15) is 10.5 Å². The third kappa shape index (κ3) is 2.90. The second-order valence-electron chi connectivity index (χ2n) is 4.61. The number of halogens is 1. The highest BCUT2D eigenvalue weighted by molar-refractivity contribution is 9.10. The molecule has 0 unspecified atom stereocenters. The molecule has 2 aromatic heterocycles. The average Bonchev–Trinajstić information content (AvgIpc) is 2.95. The van der Waals surface area contributed by atoms with Crippen molar-refractivity contribution in [2.75, 3.05) is 4.72 Å². The van der Waals surface area contributed by atoms with Crippen molar-refractivity contribution in [3.8, 4) is 0 Å². The summed E-state index contributed by atoms with van der Waals surface area (Å²) in [5.74, 6) is -0.761. The molecule has 0 bridgehead atoms. The standard InChI is InChI=1S/C13H10BrN5O3S/c14-8-6-16-5-7-2-1-3-10(12(7)8)23(21,22)19-11-4-9(13(15)20)17-18-11/h1-6H,(H2,15,20)(H2,17,18,19). The molecule has 1 amide bonds. The van der Waals surface area contributed by atoms with E-state index in [9.17, 15) is 13.2 Å². The number of nitrogens with zero attached hydrogens (tertiary/aromatic N) is 2. The molecule has 0 radical (unpaired) electrons. The molecule has 0 spiro atoms. The van der Waals surface area contributed by atoms with Crippen molar-refractivity contribution in [2.24, 2.45) is 5.73 Å². The Kier molecular flexibility index (Phi) is 3.78. The van der Waals surface area contributed by atoms with Crippen LogP contribution >= 0.6 is 15.9 Å². The third-order valence-corrected chi connectivity index (χ3v) is 5.07. The van der Waals surface area contributed by atoms with Crippen LogP contribution in [-0.4, -0.2) is 29.5 Å². The maximum absolute atomic E-state index is 12.6. The Labute approximate surface area is 139 Å². The van der Waals surface area contributed by atoms with Gasteiger partial charge in [0.1, 0.15) is 5.69 Å². The van der Waals surface area contributed by atoms with Crippen LogP contribution in [-0.2, 0) is 10.0 Å². The summed E-state index contributed by atoms with van der Waals surface area (Å²) >= 11 is 3.31. The number of hydrogen-bond acceptors (Lipinski definition) is 5. The number of primary amides is 1. The van der Waals surface area contributed by atoms with Gasteiger partial charge in [-0.3, -0.25) is 19.6 Å². The van der Waals surface area contributed by atoms with E-state index in [1.807, 2.05) is 0 Å². The van der Waals surface area contributed by atoms with Crippen molar-refractivity contribution in [3.63, 3.8) is 0 Å². The number of fused-ring (bicyclic) bond motifs is 1. The number of carbonyl (C=O) groups is 1. The minimum Gasteiger partial charge on any atom is -0.364 e. The van der Waals surface area contributed by atoms with Crippen LogP contribution in [0, 0.1) is 0 Å². The summed E-state index contributed by atoms with van der Waals surface area (Å²) in [5, 5.41) is 7.24.